The molecule has 2 aromatic rings. The SMILES string of the molecule is Cc1cc(Br)cc(C(N)Cc2nc(C(C)(C)C)cs2)c1. The van der Waals surface area contributed by atoms with Gasteiger partial charge in [0.2, 0.25) is 0 Å². The van der Waals surface area contributed by atoms with Crippen LogP contribution in [0.15, 0.2) is 28.1 Å². The highest BCUT2D eigenvalue weighted by Gasteiger charge is 2.18. The van der Waals surface area contributed by atoms with E-state index in [-0.39, 0.29) is 11.5 Å². The molecular formula is C16H21BrN2S. The van der Waals surface area contributed by atoms with Gasteiger partial charge in [0, 0.05) is 27.7 Å². The fourth-order valence-electron chi connectivity index (χ4n) is 2.03. The lowest BCUT2D eigenvalue weighted by molar-refractivity contribution is 0.569. The highest BCUT2D eigenvalue weighted by molar-refractivity contribution is 9.10. The number of nitrogens with zero attached hydrogens (tertiary/aromatic N) is 1. The number of thiazole rings is 1. The molecule has 0 fully saturated rings. The zero-order valence-corrected chi connectivity index (χ0v) is 14.8. The van der Waals surface area contributed by atoms with Crippen LogP contribution in [0.4, 0.5) is 0 Å². The van der Waals surface area contributed by atoms with Crippen LogP contribution in [0.25, 0.3) is 0 Å². The van der Waals surface area contributed by atoms with E-state index >= 15 is 0 Å². The zero-order valence-electron chi connectivity index (χ0n) is 12.4. The van der Waals surface area contributed by atoms with Crippen molar-refractivity contribution in [3.63, 3.8) is 0 Å². The monoisotopic (exact) mass is 352 g/mol. The van der Waals surface area contributed by atoms with E-state index in [0.717, 1.165) is 27.2 Å². The summed E-state index contributed by atoms with van der Waals surface area (Å²) < 4.78 is 1.08. The molecule has 0 radical (unpaired) electrons. The van der Waals surface area contributed by atoms with E-state index < -0.39 is 0 Å². The van der Waals surface area contributed by atoms with Crippen LogP contribution in [0.3, 0.4) is 0 Å². The van der Waals surface area contributed by atoms with E-state index in [4.69, 9.17) is 10.7 Å². The molecule has 1 aromatic carbocycles. The second-order valence-electron chi connectivity index (χ2n) is 6.25. The lowest BCUT2D eigenvalue weighted by atomic mass is 9.93. The van der Waals surface area contributed by atoms with Crippen LogP contribution in [-0.4, -0.2) is 4.98 Å². The topological polar surface area (TPSA) is 38.9 Å². The minimum atomic E-state index is -0.00910. The van der Waals surface area contributed by atoms with Crippen LogP contribution in [0.1, 0.15) is 48.6 Å². The predicted octanol–water partition coefficient (Wildman–Crippen LogP) is 4.75. The molecule has 2 rings (SSSR count). The summed E-state index contributed by atoms with van der Waals surface area (Å²) in [5, 5.41) is 3.26. The Bertz CT molecular complexity index is 579. The van der Waals surface area contributed by atoms with Gasteiger partial charge in [-0.1, -0.05) is 42.8 Å². The molecule has 1 unspecified atom stereocenters. The maximum Gasteiger partial charge on any atom is 0.0947 e. The van der Waals surface area contributed by atoms with Crippen LogP contribution in [-0.2, 0) is 11.8 Å². The lowest BCUT2D eigenvalue weighted by Crippen LogP contribution is -2.15. The van der Waals surface area contributed by atoms with Gasteiger partial charge in [-0.3, -0.25) is 0 Å². The number of hydrogen-bond acceptors (Lipinski definition) is 3. The standard InChI is InChI=1S/C16H21BrN2S/c1-10-5-11(7-12(17)6-10)13(18)8-15-19-14(9-20-15)16(2,3)4/h5-7,9,13H,8,18H2,1-4H3. The number of aromatic nitrogens is 1. The van der Waals surface area contributed by atoms with Crippen LogP contribution < -0.4 is 5.73 Å². The smallest absolute Gasteiger partial charge is 0.0947 e. The van der Waals surface area contributed by atoms with Crippen LogP contribution in [0, 0.1) is 6.92 Å². The molecule has 0 aliphatic heterocycles. The van der Waals surface area contributed by atoms with Crippen molar-refractivity contribution in [1.82, 2.24) is 4.98 Å². The summed E-state index contributed by atoms with van der Waals surface area (Å²) >= 11 is 5.23. The van der Waals surface area contributed by atoms with Gasteiger partial charge >= 0.3 is 0 Å². The number of halogens is 1. The Balaban J connectivity index is 2.15. The van der Waals surface area contributed by atoms with Crippen LogP contribution in [0.2, 0.25) is 0 Å². The van der Waals surface area contributed by atoms with Crippen molar-refractivity contribution in [2.45, 2.75) is 45.6 Å². The molecule has 2 nitrogen and oxygen atoms in total. The molecule has 4 heteroatoms. The molecule has 1 atom stereocenters. The fraction of sp³-hybridized carbons (Fsp3) is 0.438. The summed E-state index contributed by atoms with van der Waals surface area (Å²) in [6, 6.07) is 6.33. The highest BCUT2D eigenvalue weighted by Crippen LogP contribution is 2.27. The quantitative estimate of drug-likeness (QED) is 0.865. The number of hydrogen-bond donors (Lipinski definition) is 1. The van der Waals surface area contributed by atoms with Gasteiger partial charge in [-0.2, -0.15) is 0 Å². The third-order valence-corrected chi connectivity index (χ3v) is 4.54. The summed E-state index contributed by atoms with van der Waals surface area (Å²) in [5.74, 6) is 0. The molecular weight excluding hydrogens is 332 g/mol. The van der Waals surface area contributed by atoms with E-state index in [2.05, 4.69) is 67.2 Å². The second-order valence-corrected chi connectivity index (χ2v) is 8.11. The summed E-state index contributed by atoms with van der Waals surface area (Å²) in [4.78, 5) is 4.72. The summed E-state index contributed by atoms with van der Waals surface area (Å²) in [5.41, 5.74) is 9.96. The Hall–Kier alpha value is -0.710. The van der Waals surface area contributed by atoms with Crippen molar-refractivity contribution in [2.24, 2.45) is 5.73 Å². The van der Waals surface area contributed by atoms with Gasteiger partial charge < -0.3 is 5.73 Å². The molecule has 0 aliphatic rings. The molecule has 20 heavy (non-hydrogen) atoms. The van der Waals surface area contributed by atoms with Crippen molar-refractivity contribution in [3.05, 3.63) is 49.9 Å². The van der Waals surface area contributed by atoms with E-state index in [1.54, 1.807) is 11.3 Å². The maximum atomic E-state index is 6.33. The van der Waals surface area contributed by atoms with E-state index in [1.807, 2.05) is 0 Å². The third-order valence-electron chi connectivity index (χ3n) is 3.21. The largest absolute Gasteiger partial charge is 0.324 e. The number of rotatable bonds is 3. The van der Waals surface area contributed by atoms with Gasteiger partial charge in [0.1, 0.15) is 0 Å². The number of benzene rings is 1. The van der Waals surface area contributed by atoms with Crippen molar-refractivity contribution < 1.29 is 0 Å². The molecule has 0 saturated carbocycles. The average Bonchev–Trinajstić information content (AvgIpc) is 2.75. The molecule has 0 aliphatic carbocycles. The average molecular weight is 353 g/mol. The predicted molar refractivity (Wildman–Crippen MR) is 90.3 cm³/mol. The molecule has 2 N–H and O–H groups in total. The van der Waals surface area contributed by atoms with Crippen LogP contribution in [0.5, 0.6) is 0 Å². The first-order valence-corrected chi connectivity index (χ1v) is 8.40. The highest BCUT2D eigenvalue weighted by atomic mass is 79.9. The first kappa shape index (κ1) is 15.7. The Morgan fingerprint density at radius 2 is 2.00 bits per heavy atom. The van der Waals surface area contributed by atoms with Gasteiger partial charge in [-0.05, 0) is 30.2 Å². The van der Waals surface area contributed by atoms with Gasteiger partial charge in [0.05, 0.1) is 10.7 Å². The van der Waals surface area contributed by atoms with E-state index in [1.165, 1.54) is 5.56 Å². The van der Waals surface area contributed by atoms with Gasteiger partial charge in [0.15, 0.2) is 0 Å². The Morgan fingerprint density at radius 1 is 1.30 bits per heavy atom. The maximum absolute atomic E-state index is 6.33. The van der Waals surface area contributed by atoms with Gasteiger partial charge in [0.25, 0.3) is 0 Å². The zero-order chi connectivity index (χ0) is 14.9. The first-order valence-electron chi connectivity index (χ1n) is 6.73. The minimum absolute atomic E-state index is 0.00910. The molecule has 0 spiro atoms. The summed E-state index contributed by atoms with van der Waals surface area (Å²) in [6.45, 7) is 8.64. The van der Waals surface area contributed by atoms with Crippen molar-refractivity contribution in [3.8, 4) is 0 Å². The molecule has 0 bridgehead atoms. The Labute approximate surface area is 133 Å². The molecule has 1 heterocycles. The molecule has 1 aromatic heterocycles. The second kappa shape index (κ2) is 5.96. The van der Waals surface area contributed by atoms with Gasteiger partial charge in [-0.15, -0.1) is 11.3 Å². The minimum Gasteiger partial charge on any atom is -0.324 e. The molecule has 108 valence electrons. The summed E-state index contributed by atoms with van der Waals surface area (Å²) in [7, 11) is 0. The summed E-state index contributed by atoms with van der Waals surface area (Å²) in [6.07, 6.45) is 0.788. The fourth-order valence-corrected chi connectivity index (χ4v) is 3.74. The normalized spacial score (nSPS) is 13.5. The van der Waals surface area contributed by atoms with Crippen LogP contribution >= 0.6 is 27.3 Å². The number of nitrogens with two attached hydrogens (primary N) is 1. The van der Waals surface area contributed by atoms with E-state index in [9.17, 15) is 0 Å². The molecule has 0 saturated heterocycles. The van der Waals surface area contributed by atoms with Crippen molar-refractivity contribution >= 4 is 27.3 Å². The first-order chi connectivity index (χ1) is 9.25. The van der Waals surface area contributed by atoms with Crippen molar-refractivity contribution in [1.29, 1.82) is 0 Å². The third kappa shape index (κ3) is 3.90. The Morgan fingerprint density at radius 3 is 2.55 bits per heavy atom. The van der Waals surface area contributed by atoms with Gasteiger partial charge in [-0.25, -0.2) is 4.98 Å². The lowest BCUT2D eigenvalue weighted by Gasteiger charge is -2.15. The van der Waals surface area contributed by atoms with E-state index in [0.29, 0.717) is 0 Å². The molecule has 0 amide bonds. The number of aryl methyl sites for hydroxylation is 1. The Kier molecular flexibility index (Phi) is 4.67. The van der Waals surface area contributed by atoms with Crippen molar-refractivity contribution in [2.75, 3.05) is 0 Å².